The van der Waals surface area contributed by atoms with E-state index >= 15 is 0 Å². The van der Waals surface area contributed by atoms with E-state index in [0.717, 1.165) is 0 Å². The molecule has 82 valence electrons. The minimum atomic E-state index is -1.09. The Hall–Kier alpha value is -1.30. The maximum Gasteiger partial charge on any atom is 0.325 e. The normalized spacial score (nSPS) is 12.2. The fourth-order valence-corrected chi connectivity index (χ4v) is 1.50. The SMILES string of the molecule is Cc1cc(Br)oc1C(=O)N[C@@H](C)C(=O)O. The average Bonchev–Trinajstić information content (AvgIpc) is 2.44. The van der Waals surface area contributed by atoms with Crippen LogP contribution in [0, 0.1) is 6.92 Å². The Kier molecular flexibility index (Phi) is 3.52. The molecule has 15 heavy (non-hydrogen) atoms. The lowest BCUT2D eigenvalue weighted by atomic mass is 10.2. The van der Waals surface area contributed by atoms with Crippen molar-refractivity contribution in [1.82, 2.24) is 5.32 Å². The topological polar surface area (TPSA) is 79.5 Å². The summed E-state index contributed by atoms with van der Waals surface area (Å²) < 4.78 is 5.51. The largest absolute Gasteiger partial charge is 0.480 e. The highest BCUT2D eigenvalue weighted by Crippen LogP contribution is 2.19. The van der Waals surface area contributed by atoms with E-state index in [-0.39, 0.29) is 5.76 Å². The second-order valence-electron chi connectivity index (χ2n) is 3.10. The Morgan fingerprint density at radius 2 is 2.20 bits per heavy atom. The molecule has 5 nitrogen and oxygen atoms in total. The molecule has 0 aliphatic heterocycles. The highest BCUT2D eigenvalue weighted by Gasteiger charge is 2.19. The van der Waals surface area contributed by atoms with Crippen molar-refractivity contribution < 1.29 is 19.1 Å². The molecule has 0 fully saturated rings. The van der Waals surface area contributed by atoms with Gasteiger partial charge in [0.25, 0.3) is 5.91 Å². The van der Waals surface area contributed by atoms with Gasteiger partial charge in [-0.1, -0.05) is 0 Å². The molecule has 0 aliphatic carbocycles. The maximum atomic E-state index is 11.5. The van der Waals surface area contributed by atoms with E-state index in [4.69, 9.17) is 9.52 Å². The summed E-state index contributed by atoms with van der Waals surface area (Å²) in [5, 5.41) is 10.9. The number of carboxylic acids is 1. The summed E-state index contributed by atoms with van der Waals surface area (Å²) in [5.41, 5.74) is 0.650. The number of furan rings is 1. The molecule has 0 aliphatic rings. The monoisotopic (exact) mass is 275 g/mol. The molecule has 0 radical (unpaired) electrons. The van der Waals surface area contributed by atoms with Crippen LogP contribution in [0.3, 0.4) is 0 Å². The minimum absolute atomic E-state index is 0.120. The van der Waals surface area contributed by atoms with Crippen LogP contribution in [0.15, 0.2) is 15.2 Å². The van der Waals surface area contributed by atoms with Gasteiger partial charge in [-0.3, -0.25) is 9.59 Å². The van der Waals surface area contributed by atoms with Crippen molar-refractivity contribution in [3.05, 3.63) is 22.1 Å². The predicted octanol–water partition coefficient (Wildman–Crippen LogP) is 1.55. The fourth-order valence-electron chi connectivity index (χ4n) is 0.993. The number of carboxylic acid groups (broad SMARTS) is 1. The third-order valence-corrected chi connectivity index (χ3v) is 2.20. The Morgan fingerprint density at radius 1 is 1.60 bits per heavy atom. The standard InChI is InChI=1S/C9H10BrNO4/c1-4-3-6(10)15-7(4)8(12)11-5(2)9(13)14/h3,5H,1-2H3,(H,11,12)(H,13,14)/t5-/m0/s1. The number of aliphatic carboxylic acids is 1. The number of nitrogens with one attached hydrogen (secondary N) is 1. The zero-order valence-electron chi connectivity index (χ0n) is 8.20. The van der Waals surface area contributed by atoms with Gasteiger partial charge in [0.1, 0.15) is 6.04 Å². The van der Waals surface area contributed by atoms with Gasteiger partial charge < -0.3 is 14.8 Å². The second kappa shape index (κ2) is 4.48. The number of aryl methyl sites for hydroxylation is 1. The number of carbonyl (C=O) groups excluding carboxylic acids is 1. The molecule has 1 atom stereocenters. The van der Waals surface area contributed by atoms with Crippen molar-refractivity contribution >= 4 is 27.8 Å². The number of carbonyl (C=O) groups is 2. The van der Waals surface area contributed by atoms with Gasteiger partial charge in [-0.25, -0.2) is 0 Å². The molecule has 0 bridgehead atoms. The molecule has 0 spiro atoms. The number of hydrogen-bond donors (Lipinski definition) is 2. The maximum absolute atomic E-state index is 11.5. The number of amides is 1. The van der Waals surface area contributed by atoms with Crippen LogP contribution in [0.25, 0.3) is 0 Å². The lowest BCUT2D eigenvalue weighted by Gasteiger charge is -2.07. The van der Waals surface area contributed by atoms with Crippen LogP contribution in [-0.4, -0.2) is 23.0 Å². The Balaban J connectivity index is 2.77. The molecular formula is C9H10BrNO4. The summed E-state index contributed by atoms with van der Waals surface area (Å²) in [7, 11) is 0. The van der Waals surface area contributed by atoms with Gasteiger partial charge in [0.2, 0.25) is 0 Å². The average molecular weight is 276 g/mol. The third kappa shape index (κ3) is 2.82. The van der Waals surface area contributed by atoms with Crippen molar-refractivity contribution in [1.29, 1.82) is 0 Å². The Labute approximate surface area is 94.6 Å². The quantitative estimate of drug-likeness (QED) is 0.877. The summed E-state index contributed by atoms with van der Waals surface area (Å²) in [6.45, 7) is 3.09. The first-order chi connectivity index (χ1) is 6.91. The predicted molar refractivity (Wildman–Crippen MR) is 55.7 cm³/mol. The van der Waals surface area contributed by atoms with E-state index in [2.05, 4.69) is 21.2 Å². The lowest BCUT2D eigenvalue weighted by Crippen LogP contribution is -2.38. The van der Waals surface area contributed by atoms with Crippen molar-refractivity contribution in [2.45, 2.75) is 19.9 Å². The van der Waals surface area contributed by atoms with Crippen LogP contribution in [-0.2, 0) is 4.79 Å². The molecule has 0 saturated carbocycles. The molecular weight excluding hydrogens is 266 g/mol. The van der Waals surface area contributed by atoms with Crippen LogP contribution < -0.4 is 5.32 Å². The van der Waals surface area contributed by atoms with E-state index in [0.29, 0.717) is 10.2 Å². The molecule has 1 aromatic heterocycles. The zero-order chi connectivity index (χ0) is 11.6. The lowest BCUT2D eigenvalue weighted by molar-refractivity contribution is -0.138. The Bertz CT molecular complexity index is 399. The van der Waals surface area contributed by atoms with Crippen LogP contribution >= 0.6 is 15.9 Å². The van der Waals surface area contributed by atoms with Gasteiger partial charge in [0, 0.05) is 5.56 Å². The molecule has 0 saturated heterocycles. The molecule has 1 amide bonds. The fraction of sp³-hybridized carbons (Fsp3) is 0.333. The number of rotatable bonds is 3. The first-order valence-electron chi connectivity index (χ1n) is 4.21. The van der Waals surface area contributed by atoms with Gasteiger partial charge in [-0.05, 0) is 35.8 Å². The van der Waals surface area contributed by atoms with Crippen molar-refractivity contribution in [2.24, 2.45) is 0 Å². The van der Waals surface area contributed by atoms with E-state index in [9.17, 15) is 9.59 Å². The van der Waals surface area contributed by atoms with Gasteiger partial charge in [-0.15, -0.1) is 0 Å². The van der Waals surface area contributed by atoms with Crippen LogP contribution in [0.1, 0.15) is 23.0 Å². The minimum Gasteiger partial charge on any atom is -0.480 e. The second-order valence-corrected chi connectivity index (χ2v) is 3.88. The molecule has 2 N–H and O–H groups in total. The van der Waals surface area contributed by atoms with E-state index < -0.39 is 17.9 Å². The van der Waals surface area contributed by atoms with Crippen molar-refractivity contribution in [3.63, 3.8) is 0 Å². The Morgan fingerprint density at radius 3 is 2.60 bits per heavy atom. The van der Waals surface area contributed by atoms with Crippen molar-refractivity contribution in [3.8, 4) is 0 Å². The summed E-state index contributed by atoms with van der Waals surface area (Å²) >= 11 is 3.08. The van der Waals surface area contributed by atoms with Gasteiger partial charge in [0.05, 0.1) is 0 Å². The van der Waals surface area contributed by atoms with E-state index in [1.54, 1.807) is 13.0 Å². The highest BCUT2D eigenvalue weighted by molar-refractivity contribution is 9.10. The summed E-state index contributed by atoms with van der Waals surface area (Å²) in [5.74, 6) is -1.50. The van der Waals surface area contributed by atoms with Gasteiger partial charge in [-0.2, -0.15) is 0 Å². The molecule has 1 heterocycles. The highest BCUT2D eigenvalue weighted by atomic mass is 79.9. The summed E-state index contributed by atoms with van der Waals surface area (Å²) in [4.78, 5) is 22.0. The molecule has 1 rings (SSSR count). The van der Waals surface area contributed by atoms with Crippen molar-refractivity contribution in [2.75, 3.05) is 0 Å². The third-order valence-electron chi connectivity index (χ3n) is 1.81. The van der Waals surface area contributed by atoms with Gasteiger partial charge in [0.15, 0.2) is 10.4 Å². The molecule has 1 aromatic rings. The molecule has 0 unspecified atom stereocenters. The number of halogens is 1. The van der Waals surface area contributed by atoms with E-state index in [1.165, 1.54) is 6.92 Å². The molecule has 0 aromatic carbocycles. The van der Waals surface area contributed by atoms with Gasteiger partial charge >= 0.3 is 5.97 Å². The van der Waals surface area contributed by atoms with Crippen LogP contribution in [0.2, 0.25) is 0 Å². The van der Waals surface area contributed by atoms with Crippen LogP contribution in [0.5, 0.6) is 0 Å². The smallest absolute Gasteiger partial charge is 0.325 e. The summed E-state index contributed by atoms with van der Waals surface area (Å²) in [6.07, 6.45) is 0. The zero-order valence-corrected chi connectivity index (χ0v) is 9.79. The van der Waals surface area contributed by atoms with Crippen LogP contribution in [0.4, 0.5) is 0 Å². The first-order valence-corrected chi connectivity index (χ1v) is 5.00. The van der Waals surface area contributed by atoms with E-state index in [1.807, 2.05) is 0 Å². The molecule has 6 heteroatoms. The number of hydrogen-bond acceptors (Lipinski definition) is 3. The summed E-state index contributed by atoms with van der Waals surface area (Å²) in [6, 6.07) is 0.696. The first kappa shape index (κ1) is 11.8.